The van der Waals surface area contributed by atoms with Crippen molar-refractivity contribution in [1.29, 1.82) is 0 Å². The lowest BCUT2D eigenvalue weighted by atomic mass is 10.1. The Labute approximate surface area is 142 Å². The fourth-order valence-corrected chi connectivity index (χ4v) is 2.57. The maximum atomic E-state index is 12.4. The smallest absolute Gasteiger partial charge is 0.251 e. The SMILES string of the molecule is Cc1ccc(C(C)NC(=O)c2ccc(Cn3ccnc3)cc2)cc1. The summed E-state index contributed by atoms with van der Waals surface area (Å²) in [5, 5.41) is 3.04. The first-order valence-electron chi connectivity index (χ1n) is 8.04. The molecule has 0 aliphatic rings. The van der Waals surface area contributed by atoms with Crippen molar-refractivity contribution in [3.8, 4) is 0 Å². The highest BCUT2D eigenvalue weighted by molar-refractivity contribution is 5.94. The van der Waals surface area contributed by atoms with E-state index in [0.29, 0.717) is 5.56 Å². The van der Waals surface area contributed by atoms with E-state index in [1.54, 1.807) is 12.5 Å². The van der Waals surface area contributed by atoms with Crippen LogP contribution in [0.1, 0.15) is 40.0 Å². The van der Waals surface area contributed by atoms with Gasteiger partial charge in [-0.25, -0.2) is 4.98 Å². The largest absolute Gasteiger partial charge is 0.346 e. The van der Waals surface area contributed by atoms with Gasteiger partial charge in [-0.1, -0.05) is 42.0 Å². The Balaban J connectivity index is 1.63. The molecule has 1 unspecified atom stereocenters. The third-order valence-electron chi connectivity index (χ3n) is 4.07. The van der Waals surface area contributed by atoms with Crippen LogP contribution in [0.15, 0.2) is 67.3 Å². The Morgan fingerprint density at radius 2 is 1.83 bits per heavy atom. The quantitative estimate of drug-likeness (QED) is 0.779. The Bertz CT molecular complexity index is 790. The van der Waals surface area contributed by atoms with E-state index in [1.807, 2.05) is 42.0 Å². The van der Waals surface area contributed by atoms with Gasteiger partial charge in [-0.2, -0.15) is 0 Å². The Hall–Kier alpha value is -2.88. The molecule has 0 spiro atoms. The van der Waals surface area contributed by atoms with Gasteiger partial charge < -0.3 is 9.88 Å². The monoisotopic (exact) mass is 319 g/mol. The Kier molecular flexibility index (Phi) is 4.75. The summed E-state index contributed by atoms with van der Waals surface area (Å²) in [6, 6.07) is 15.9. The molecule has 0 aliphatic carbocycles. The molecule has 0 saturated carbocycles. The van der Waals surface area contributed by atoms with Gasteiger partial charge in [0.25, 0.3) is 5.91 Å². The molecule has 0 saturated heterocycles. The van der Waals surface area contributed by atoms with Crippen molar-refractivity contribution >= 4 is 5.91 Å². The van der Waals surface area contributed by atoms with E-state index in [1.165, 1.54) is 5.56 Å². The summed E-state index contributed by atoms with van der Waals surface area (Å²) >= 11 is 0. The fraction of sp³-hybridized carbons (Fsp3) is 0.200. The topological polar surface area (TPSA) is 46.9 Å². The number of hydrogen-bond acceptors (Lipinski definition) is 2. The average Bonchev–Trinajstić information content (AvgIpc) is 3.09. The zero-order chi connectivity index (χ0) is 16.9. The number of amides is 1. The van der Waals surface area contributed by atoms with Crippen LogP contribution in [-0.4, -0.2) is 15.5 Å². The van der Waals surface area contributed by atoms with Crippen LogP contribution >= 0.6 is 0 Å². The molecule has 2 aromatic carbocycles. The second-order valence-electron chi connectivity index (χ2n) is 6.04. The van der Waals surface area contributed by atoms with Gasteiger partial charge in [0, 0.05) is 24.5 Å². The van der Waals surface area contributed by atoms with Gasteiger partial charge in [0.15, 0.2) is 0 Å². The van der Waals surface area contributed by atoms with Crippen molar-refractivity contribution in [2.75, 3.05) is 0 Å². The number of aromatic nitrogens is 2. The number of nitrogens with zero attached hydrogens (tertiary/aromatic N) is 2. The van der Waals surface area contributed by atoms with E-state index in [0.717, 1.165) is 17.7 Å². The zero-order valence-corrected chi connectivity index (χ0v) is 13.9. The van der Waals surface area contributed by atoms with Crippen molar-refractivity contribution in [2.24, 2.45) is 0 Å². The van der Waals surface area contributed by atoms with Gasteiger partial charge >= 0.3 is 0 Å². The zero-order valence-electron chi connectivity index (χ0n) is 13.9. The minimum absolute atomic E-state index is 0.0243. The fourth-order valence-electron chi connectivity index (χ4n) is 2.57. The van der Waals surface area contributed by atoms with Crippen LogP contribution in [0.5, 0.6) is 0 Å². The van der Waals surface area contributed by atoms with Crippen LogP contribution in [0.25, 0.3) is 0 Å². The van der Waals surface area contributed by atoms with Crippen molar-refractivity contribution in [3.05, 3.63) is 89.5 Å². The molecule has 4 nitrogen and oxygen atoms in total. The van der Waals surface area contributed by atoms with E-state index < -0.39 is 0 Å². The van der Waals surface area contributed by atoms with Crippen LogP contribution in [0, 0.1) is 6.92 Å². The summed E-state index contributed by atoms with van der Waals surface area (Å²) in [5.74, 6) is -0.0581. The van der Waals surface area contributed by atoms with Crippen LogP contribution < -0.4 is 5.32 Å². The summed E-state index contributed by atoms with van der Waals surface area (Å²) < 4.78 is 1.99. The molecule has 1 atom stereocenters. The molecule has 1 amide bonds. The van der Waals surface area contributed by atoms with Gasteiger partial charge in [0.2, 0.25) is 0 Å². The molecule has 4 heteroatoms. The first-order valence-corrected chi connectivity index (χ1v) is 8.04. The first-order chi connectivity index (χ1) is 11.6. The lowest BCUT2D eigenvalue weighted by Crippen LogP contribution is -2.26. The summed E-state index contributed by atoms with van der Waals surface area (Å²) in [6.07, 6.45) is 5.46. The number of benzene rings is 2. The number of carbonyl (C=O) groups excluding carboxylic acids is 1. The van der Waals surface area contributed by atoms with Crippen LogP contribution in [0.2, 0.25) is 0 Å². The normalized spacial score (nSPS) is 11.9. The first kappa shape index (κ1) is 16.0. The van der Waals surface area contributed by atoms with Gasteiger partial charge in [-0.15, -0.1) is 0 Å². The van der Waals surface area contributed by atoms with Crippen LogP contribution in [-0.2, 0) is 6.54 Å². The lowest BCUT2D eigenvalue weighted by Gasteiger charge is -2.15. The molecular weight excluding hydrogens is 298 g/mol. The second kappa shape index (κ2) is 7.13. The molecule has 3 aromatic rings. The van der Waals surface area contributed by atoms with Gasteiger partial charge in [-0.3, -0.25) is 4.79 Å². The van der Waals surface area contributed by atoms with Gasteiger partial charge in [0.1, 0.15) is 0 Å². The molecule has 1 aromatic heterocycles. The molecule has 0 fully saturated rings. The maximum absolute atomic E-state index is 12.4. The van der Waals surface area contributed by atoms with E-state index in [-0.39, 0.29) is 11.9 Å². The third-order valence-corrected chi connectivity index (χ3v) is 4.07. The molecule has 0 aliphatic heterocycles. The molecule has 24 heavy (non-hydrogen) atoms. The number of nitrogens with one attached hydrogen (secondary N) is 1. The molecule has 0 radical (unpaired) electrons. The maximum Gasteiger partial charge on any atom is 0.251 e. The summed E-state index contributed by atoms with van der Waals surface area (Å²) in [4.78, 5) is 16.4. The van der Waals surface area contributed by atoms with Crippen molar-refractivity contribution in [1.82, 2.24) is 14.9 Å². The third kappa shape index (κ3) is 3.90. The molecule has 1 heterocycles. The predicted octanol–water partition coefficient (Wildman–Crippen LogP) is 3.73. The average molecular weight is 319 g/mol. The van der Waals surface area contributed by atoms with E-state index >= 15 is 0 Å². The minimum atomic E-state index is -0.0581. The standard InChI is InChI=1S/C20H21N3O/c1-15-3-7-18(8-4-15)16(2)22-20(24)19-9-5-17(6-10-19)13-23-12-11-21-14-23/h3-12,14,16H,13H2,1-2H3,(H,22,24). The number of aryl methyl sites for hydroxylation is 1. The van der Waals surface area contributed by atoms with E-state index in [2.05, 4.69) is 41.5 Å². The molecular formula is C20H21N3O. The van der Waals surface area contributed by atoms with E-state index in [4.69, 9.17) is 0 Å². The lowest BCUT2D eigenvalue weighted by molar-refractivity contribution is 0.0940. The Morgan fingerprint density at radius 1 is 1.12 bits per heavy atom. The minimum Gasteiger partial charge on any atom is -0.346 e. The van der Waals surface area contributed by atoms with Crippen molar-refractivity contribution < 1.29 is 4.79 Å². The number of imidazole rings is 1. The molecule has 3 rings (SSSR count). The Morgan fingerprint density at radius 3 is 2.46 bits per heavy atom. The second-order valence-corrected chi connectivity index (χ2v) is 6.04. The van der Waals surface area contributed by atoms with Crippen molar-refractivity contribution in [2.45, 2.75) is 26.4 Å². The van der Waals surface area contributed by atoms with Crippen LogP contribution in [0.3, 0.4) is 0 Å². The highest BCUT2D eigenvalue weighted by Crippen LogP contribution is 2.14. The van der Waals surface area contributed by atoms with Gasteiger partial charge in [0.05, 0.1) is 12.4 Å². The number of hydrogen-bond donors (Lipinski definition) is 1. The summed E-state index contributed by atoms with van der Waals surface area (Å²) in [5.41, 5.74) is 4.12. The molecule has 122 valence electrons. The summed E-state index contributed by atoms with van der Waals surface area (Å²) in [6.45, 7) is 4.80. The number of rotatable bonds is 5. The van der Waals surface area contributed by atoms with Crippen molar-refractivity contribution in [3.63, 3.8) is 0 Å². The van der Waals surface area contributed by atoms with Gasteiger partial charge in [-0.05, 0) is 37.1 Å². The van der Waals surface area contributed by atoms with Crippen LogP contribution in [0.4, 0.5) is 0 Å². The predicted molar refractivity (Wildman–Crippen MR) is 94.8 cm³/mol. The highest BCUT2D eigenvalue weighted by atomic mass is 16.1. The van der Waals surface area contributed by atoms with E-state index in [9.17, 15) is 4.79 Å². The highest BCUT2D eigenvalue weighted by Gasteiger charge is 2.11. The molecule has 1 N–H and O–H groups in total. The molecule has 0 bridgehead atoms. The number of carbonyl (C=O) groups is 1. The summed E-state index contributed by atoms with van der Waals surface area (Å²) in [7, 11) is 0.